The Morgan fingerprint density at radius 2 is 0.762 bits per heavy atom. The summed E-state index contributed by atoms with van der Waals surface area (Å²) >= 11 is 0.836. The molecule has 0 aliphatic heterocycles. The molecule has 1 radical (unpaired) electrons. The number of halogens is 1. The van der Waals surface area contributed by atoms with Crippen molar-refractivity contribution in [2.75, 3.05) is 0 Å². The molecule has 1 atom stereocenters. The third-order valence-corrected chi connectivity index (χ3v) is 6.52. The van der Waals surface area contributed by atoms with E-state index in [2.05, 4.69) is 20.8 Å². The van der Waals surface area contributed by atoms with Crippen molar-refractivity contribution in [1.82, 2.24) is 0 Å². The van der Waals surface area contributed by atoms with E-state index in [1.54, 1.807) is 0 Å². The molecule has 1 unspecified atom stereocenters. The zero-order valence-corrected chi connectivity index (χ0v) is 19.5. The summed E-state index contributed by atoms with van der Waals surface area (Å²) in [5.41, 5.74) is 0. The van der Waals surface area contributed by atoms with Crippen molar-refractivity contribution in [3.63, 3.8) is 0 Å². The molecule has 21 heavy (non-hydrogen) atoms. The van der Waals surface area contributed by atoms with Crippen molar-refractivity contribution in [3.8, 4) is 0 Å². The monoisotopic (exact) mass is 479 g/mol. The number of rotatable bonds is 15. The van der Waals surface area contributed by atoms with Crippen molar-refractivity contribution < 1.29 is 13.9 Å². The fourth-order valence-corrected chi connectivity index (χ4v) is 5.01. The first-order valence-corrected chi connectivity index (χ1v) is 10.8. The van der Waals surface area contributed by atoms with Gasteiger partial charge < -0.3 is 0 Å². The first-order chi connectivity index (χ1) is 9.35. The van der Waals surface area contributed by atoms with Gasteiger partial charge in [-0.3, -0.25) is 0 Å². The Morgan fingerprint density at radius 3 is 1.00 bits per heavy atom. The SMILES string of the molecule is CCCCC[CH2][Cu]([CH2]CCCCC)[CH2]CCCCC.P.[I]. The van der Waals surface area contributed by atoms with Crippen LogP contribution in [0.1, 0.15) is 97.8 Å². The van der Waals surface area contributed by atoms with E-state index >= 15 is 0 Å². The zero-order valence-electron chi connectivity index (χ0n) is 15.0. The van der Waals surface area contributed by atoms with Crippen LogP contribution in [0.5, 0.6) is 0 Å². The molecule has 0 N–H and O–H groups in total. The van der Waals surface area contributed by atoms with Crippen molar-refractivity contribution in [2.45, 2.75) is 114 Å². The maximum atomic E-state index is 2.31. The standard InChI is InChI=1S/3C6H13.Cu.I.H3P/c3*1-3-5-6-4-2;;;/h3*1,3-6H2,2H3;;;1H3. The smallest absolute Gasteiger partial charge is 0 e. The van der Waals surface area contributed by atoms with E-state index in [0.29, 0.717) is 0 Å². The van der Waals surface area contributed by atoms with Crippen LogP contribution in [0.15, 0.2) is 0 Å². The van der Waals surface area contributed by atoms with Gasteiger partial charge in [0.25, 0.3) is 0 Å². The minimum atomic E-state index is 0. The molecule has 0 aromatic rings. The molecule has 0 saturated carbocycles. The van der Waals surface area contributed by atoms with Gasteiger partial charge in [0.1, 0.15) is 0 Å². The summed E-state index contributed by atoms with van der Waals surface area (Å²) in [5, 5.41) is 4.60. The van der Waals surface area contributed by atoms with Gasteiger partial charge in [-0.1, -0.05) is 0 Å². The van der Waals surface area contributed by atoms with E-state index in [9.17, 15) is 0 Å². The van der Waals surface area contributed by atoms with Crippen LogP contribution in [-0.4, -0.2) is 0 Å². The Hall–Kier alpha value is 1.68. The maximum Gasteiger partial charge on any atom is 0 e. The summed E-state index contributed by atoms with van der Waals surface area (Å²) in [6.45, 7) is 6.94. The molecule has 137 valence electrons. The number of unbranched alkanes of at least 4 members (excludes halogenated alkanes) is 9. The van der Waals surface area contributed by atoms with Gasteiger partial charge in [0.15, 0.2) is 0 Å². The molecule has 0 aromatic carbocycles. The van der Waals surface area contributed by atoms with Crippen molar-refractivity contribution >= 4 is 33.9 Å². The molecule has 0 saturated heterocycles. The Labute approximate surface area is 160 Å². The third-order valence-electron chi connectivity index (χ3n) is 3.52. The average Bonchev–Trinajstić information content (AvgIpc) is 2.43. The molecule has 0 fully saturated rings. The summed E-state index contributed by atoms with van der Waals surface area (Å²) in [4.78, 5) is 0. The number of hydrogen-bond acceptors (Lipinski definition) is 0. The van der Waals surface area contributed by atoms with E-state index in [-0.39, 0.29) is 33.9 Å². The average molecular weight is 480 g/mol. The predicted molar refractivity (Wildman–Crippen MR) is 112 cm³/mol. The van der Waals surface area contributed by atoms with Crippen LogP contribution in [0.2, 0.25) is 16.0 Å². The fraction of sp³-hybridized carbons (Fsp3) is 1.00. The quantitative estimate of drug-likeness (QED) is 0.0955. The molecule has 0 bridgehead atoms. The molecule has 0 nitrogen and oxygen atoms in total. The van der Waals surface area contributed by atoms with E-state index < -0.39 is 0 Å². The molecule has 0 rings (SSSR count). The van der Waals surface area contributed by atoms with Crippen LogP contribution in [-0.2, 0) is 13.9 Å². The second-order valence-corrected chi connectivity index (χ2v) is 8.41. The fourth-order valence-electron chi connectivity index (χ4n) is 2.18. The summed E-state index contributed by atoms with van der Waals surface area (Å²) in [6, 6.07) is 0. The Balaban J connectivity index is -0.00000162. The Morgan fingerprint density at radius 1 is 0.476 bits per heavy atom. The number of hydrogen-bond donors (Lipinski definition) is 0. The van der Waals surface area contributed by atoms with E-state index in [1.165, 1.54) is 93.0 Å². The largest absolute Gasteiger partial charge is 0.153 e. The van der Waals surface area contributed by atoms with Crippen LogP contribution in [0.25, 0.3) is 0 Å². The van der Waals surface area contributed by atoms with E-state index in [4.69, 9.17) is 0 Å². The van der Waals surface area contributed by atoms with Gasteiger partial charge in [-0.25, -0.2) is 0 Å². The maximum absolute atomic E-state index is 2.31. The summed E-state index contributed by atoms with van der Waals surface area (Å²) in [7, 11) is 0. The van der Waals surface area contributed by atoms with Gasteiger partial charge in [0.2, 0.25) is 0 Å². The van der Waals surface area contributed by atoms with Crippen LogP contribution >= 0.6 is 33.9 Å². The predicted octanol–water partition coefficient (Wildman–Crippen LogP) is 8.54. The van der Waals surface area contributed by atoms with Crippen LogP contribution < -0.4 is 0 Å². The molecule has 0 amide bonds. The van der Waals surface area contributed by atoms with Crippen LogP contribution in [0.3, 0.4) is 0 Å². The third kappa shape index (κ3) is 21.7. The molecule has 3 heteroatoms. The first-order valence-electron chi connectivity index (χ1n) is 8.76. The van der Waals surface area contributed by atoms with Crippen molar-refractivity contribution in [3.05, 3.63) is 0 Å². The van der Waals surface area contributed by atoms with Gasteiger partial charge in [-0.2, -0.15) is 9.90 Å². The second-order valence-electron chi connectivity index (χ2n) is 5.59. The zero-order chi connectivity index (χ0) is 14.2. The van der Waals surface area contributed by atoms with E-state index in [0.717, 1.165) is 13.9 Å². The summed E-state index contributed by atoms with van der Waals surface area (Å²) < 4.78 is 0. The molecule has 0 spiro atoms. The summed E-state index contributed by atoms with van der Waals surface area (Å²) in [6.07, 6.45) is 17.4. The van der Waals surface area contributed by atoms with Crippen molar-refractivity contribution in [1.29, 1.82) is 0 Å². The normalized spacial score (nSPS) is 10.7. The Bertz CT molecular complexity index is 139. The molecule has 0 heterocycles. The van der Waals surface area contributed by atoms with Gasteiger partial charge in [-0.05, 0) is 0 Å². The van der Waals surface area contributed by atoms with Gasteiger partial charge in [-0.15, -0.1) is 0 Å². The molecule has 0 aromatic heterocycles. The molecular formula is C18H42CuIP. The van der Waals surface area contributed by atoms with Gasteiger partial charge in [0, 0.05) is 24.0 Å². The van der Waals surface area contributed by atoms with E-state index in [1.807, 2.05) is 0 Å². The van der Waals surface area contributed by atoms with Crippen molar-refractivity contribution in [2.24, 2.45) is 0 Å². The summed E-state index contributed by atoms with van der Waals surface area (Å²) in [5.74, 6) is 0. The minimum Gasteiger partial charge on any atom is -0.153 e. The topological polar surface area (TPSA) is 0 Å². The second kappa shape index (κ2) is 23.9. The minimum absolute atomic E-state index is 0. The van der Waals surface area contributed by atoms with Gasteiger partial charge in [0.05, 0.1) is 0 Å². The first kappa shape index (κ1) is 27.5. The molecule has 0 aliphatic rings. The Kier molecular flexibility index (Phi) is 31.4. The molecule has 0 aliphatic carbocycles. The molecular weight excluding hydrogens is 438 g/mol. The van der Waals surface area contributed by atoms with Crippen LogP contribution in [0, 0.1) is 0 Å². The van der Waals surface area contributed by atoms with Crippen LogP contribution in [0.4, 0.5) is 0 Å². The van der Waals surface area contributed by atoms with Gasteiger partial charge >= 0.3 is 128 Å².